The Morgan fingerprint density at radius 2 is 1.92 bits per heavy atom. The Kier molecular flexibility index (Phi) is 7.43. The molecule has 7 nitrogen and oxygen atoms in total. The second-order valence-corrected chi connectivity index (χ2v) is 11.3. The summed E-state index contributed by atoms with van der Waals surface area (Å²) in [6.07, 6.45) is 3.94. The molecule has 0 radical (unpaired) electrons. The van der Waals surface area contributed by atoms with Gasteiger partial charge in [-0.25, -0.2) is 0 Å². The quantitative estimate of drug-likeness (QED) is 0.465. The lowest BCUT2D eigenvalue weighted by Crippen LogP contribution is -2.45. The summed E-state index contributed by atoms with van der Waals surface area (Å²) >= 11 is 0. The summed E-state index contributed by atoms with van der Waals surface area (Å²) in [7, 11) is 1.80. The van der Waals surface area contributed by atoms with Crippen molar-refractivity contribution in [2.24, 2.45) is 7.05 Å². The third-order valence-electron chi connectivity index (χ3n) is 7.24. The van der Waals surface area contributed by atoms with Gasteiger partial charge in [-0.3, -0.25) is 14.5 Å². The molecule has 3 aromatic rings. The highest BCUT2D eigenvalue weighted by molar-refractivity contribution is 5.92. The Morgan fingerprint density at radius 3 is 2.53 bits per heavy atom. The minimum atomic E-state index is -0.899. The predicted octanol–water partition coefficient (Wildman–Crippen LogP) is 4.03. The minimum absolute atomic E-state index is 0.0318. The van der Waals surface area contributed by atoms with Gasteiger partial charge in [-0.2, -0.15) is 0 Å². The summed E-state index contributed by atoms with van der Waals surface area (Å²) in [5, 5.41) is 13.9. The molecule has 1 fully saturated rings. The zero-order valence-electron chi connectivity index (χ0n) is 22.4. The monoisotopic (exact) mass is 492 g/mol. The lowest BCUT2D eigenvalue weighted by atomic mass is 9.87. The van der Waals surface area contributed by atoms with Gasteiger partial charge in [-0.15, -0.1) is 0 Å². The van der Waals surface area contributed by atoms with Crippen molar-refractivity contribution in [3.8, 4) is 11.3 Å². The number of benzene rings is 1. The van der Waals surface area contributed by atoms with Crippen LogP contribution in [0.4, 0.5) is 0 Å². The predicted molar refractivity (Wildman–Crippen MR) is 146 cm³/mol. The third-order valence-corrected chi connectivity index (χ3v) is 7.24. The molecule has 1 saturated heterocycles. The molecule has 0 saturated carbocycles. The molecule has 3 N–H and O–H groups in total. The van der Waals surface area contributed by atoms with E-state index in [9.17, 15) is 14.7 Å². The molecule has 1 aliphatic heterocycles. The van der Waals surface area contributed by atoms with Crippen LogP contribution in [0.2, 0.25) is 0 Å². The Morgan fingerprint density at radius 1 is 1.22 bits per heavy atom. The molecular weight excluding hydrogens is 452 g/mol. The second kappa shape index (κ2) is 10.2. The molecule has 0 bridgehead atoms. The molecule has 0 spiro atoms. The first-order chi connectivity index (χ1) is 16.9. The van der Waals surface area contributed by atoms with Crippen molar-refractivity contribution in [3.05, 3.63) is 57.5 Å². The van der Waals surface area contributed by atoms with E-state index in [1.165, 1.54) is 16.5 Å². The fourth-order valence-corrected chi connectivity index (χ4v) is 5.32. The second-order valence-electron chi connectivity index (χ2n) is 11.3. The zero-order chi connectivity index (χ0) is 26.2. The number of piperidine rings is 1. The zero-order valence-corrected chi connectivity index (χ0v) is 22.4. The molecule has 0 unspecified atom stereocenters. The van der Waals surface area contributed by atoms with Gasteiger partial charge in [0.05, 0.1) is 17.8 Å². The summed E-state index contributed by atoms with van der Waals surface area (Å²) < 4.78 is 1.66. The maximum Gasteiger partial charge on any atom is 0.253 e. The standard InChI is InChI=1S/C29H40N4O3/c1-18(2)26-23-14-21(20-9-11-33(12-10-20)16-25(34)30-17-29(4,5)36)7-8-24(23)31-27(26)22-13-19(3)28(35)32(6)15-22/h7-8,13-15,18,20,31,36H,9-12,16-17H2,1-6H3,(H,30,34). The van der Waals surface area contributed by atoms with E-state index in [1.54, 1.807) is 25.5 Å². The van der Waals surface area contributed by atoms with Crippen molar-refractivity contribution in [2.75, 3.05) is 26.2 Å². The highest BCUT2D eigenvalue weighted by Crippen LogP contribution is 2.38. The van der Waals surface area contributed by atoms with E-state index in [2.05, 4.69) is 47.2 Å². The van der Waals surface area contributed by atoms with Crippen LogP contribution in [0.15, 0.2) is 35.3 Å². The number of aliphatic hydroxyl groups is 1. The van der Waals surface area contributed by atoms with Crippen molar-refractivity contribution < 1.29 is 9.90 Å². The van der Waals surface area contributed by atoms with Gasteiger partial charge in [0.1, 0.15) is 0 Å². The number of amides is 1. The van der Waals surface area contributed by atoms with Gasteiger partial charge in [0, 0.05) is 41.8 Å². The first kappa shape index (κ1) is 26.2. The van der Waals surface area contributed by atoms with E-state index >= 15 is 0 Å². The maximum atomic E-state index is 12.3. The summed E-state index contributed by atoms with van der Waals surface area (Å²) in [5.74, 6) is 0.751. The minimum Gasteiger partial charge on any atom is -0.389 e. The Labute approximate surface area is 213 Å². The molecule has 0 atom stereocenters. The molecule has 1 aliphatic rings. The number of fused-ring (bicyclic) bond motifs is 1. The SMILES string of the molecule is Cc1cc(-c2[nH]c3ccc(C4CCN(CC(=O)NCC(C)(C)O)CC4)cc3c2C(C)C)cn(C)c1=O. The van der Waals surface area contributed by atoms with Crippen molar-refractivity contribution in [2.45, 2.75) is 64.9 Å². The number of hydrogen-bond acceptors (Lipinski definition) is 4. The first-order valence-electron chi connectivity index (χ1n) is 13.0. The van der Waals surface area contributed by atoms with Gasteiger partial charge in [-0.1, -0.05) is 19.9 Å². The van der Waals surface area contributed by atoms with Crippen molar-refractivity contribution >= 4 is 16.8 Å². The number of aromatic nitrogens is 2. The molecule has 3 heterocycles. The fraction of sp³-hybridized carbons (Fsp3) is 0.517. The number of H-pyrrole nitrogens is 1. The number of aromatic amines is 1. The van der Waals surface area contributed by atoms with Crippen LogP contribution in [0.25, 0.3) is 22.2 Å². The molecule has 4 rings (SSSR count). The van der Waals surface area contributed by atoms with Crippen LogP contribution < -0.4 is 10.9 Å². The molecule has 194 valence electrons. The van der Waals surface area contributed by atoms with Crippen molar-refractivity contribution in [3.63, 3.8) is 0 Å². The number of nitrogens with one attached hydrogen (secondary N) is 2. The number of hydrogen-bond donors (Lipinski definition) is 3. The first-order valence-corrected chi connectivity index (χ1v) is 13.0. The highest BCUT2D eigenvalue weighted by Gasteiger charge is 2.24. The van der Waals surface area contributed by atoms with E-state index in [0.29, 0.717) is 18.4 Å². The maximum absolute atomic E-state index is 12.3. The summed E-state index contributed by atoms with van der Waals surface area (Å²) in [6.45, 7) is 12.1. The number of pyridine rings is 1. The number of likely N-dealkylation sites (tertiary alicyclic amines) is 1. The van der Waals surface area contributed by atoms with Gasteiger partial charge in [-0.05, 0) is 87.9 Å². The Balaban J connectivity index is 1.52. The van der Waals surface area contributed by atoms with Gasteiger partial charge >= 0.3 is 0 Å². The lowest BCUT2D eigenvalue weighted by molar-refractivity contribution is -0.123. The highest BCUT2D eigenvalue weighted by atomic mass is 16.3. The normalized spacial score (nSPS) is 15.7. The van der Waals surface area contributed by atoms with E-state index in [0.717, 1.165) is 48.3 Å². The molecule has 1 amide bonds. The van der Waals surface area contributed by atoms with Gasteiger partial charge in [0.25, 0.3) is 5.56 Å². The number of carbonyl (C=O) groups excluding carboxylic acids is 1. The van der Waals surface area contributed by atoms with Crippen LogP contribution >= 0.6 is 0 Å². The van der Waals surface area contributed by atoms with Crippen molar-refractivity contribution in [1.82, 2.24) is 19.8 Å². The number of aryl methyl sites for hydroxylation is 2. The average molecular weight is 493 g/mol. The smallest absolute Gasteiger partial charge is 0.253 e. The van der Waals surface area contributed by atoms with Crippen LogP contribution in [0.5, 0.6) is 0 Å². The topological polar surface area (TPSA) is 90.4 Å². The van der Waals surface area contributed by atoms with E-state index in [-0.39, 0.29) is 18.0 Å². The van der Waals surface area contributed by atoms with Crippen LogP contribution in [-0.2, 0) is 11.8 Å². The van der Waals surface area contributed by atoms with Crippen LogP contribution in [0.3, 0.4) is 0 Å². The average Bonchev–Trinajstić information content (AvgIpc) is 3.20. The Bertz CT molecular complexity index is 1280. The van der Waals surface area contributed by atoms with Crippen LogP contribution in [-0.4, -0.2) is 57.2 Å². The fourth-order valence-electron chi connectivity index (χ4n) is 5.32. The molecule has 2 aromatic heterocycles. The number of rotatable bonds is 7. The van der Waals surface area contributed by atoms with Gasteiger partial charge in [0.15, 0.2) is 0 Å². The molecular formula is C29H40N4O3. The molecule has 1 aromatic carbocycles. The summed E-state index contributed by atoms with van der Waals surface area (Å²) in [4.78, 5) is 30.3. The lowest BCUT2D eigenvalue weighted by Gasteiger charge is -2.32. The molecule has 0 aliphatic carbocycles. The van der Waals surface area contributed by atoms with E-state index in [4.69, 9.17) is 0 Å². The van der Waals surface area contributed by atoms with Gasteiger partial charge < -0.3 is 20.0 Å². The van der Waals surface area contributed by atoms with Crippen LogP contribution in [0.1, 0.15) is 69.1 Å². The third kappa shape index (κ3) is 5.73. The largest absolute Gasteiger partial charge is 0.389 e. The number of carbonyl (C=O) groups is 1. The van der Waals surface area contributed by atoms with Crippen molar-refractivity contribution in [1.29, 1.82) is 0 Å². The molecule has 36 heavy (non-hydrogen) atoms. The van der Waals surface area contributed by atoms with E-state index < -0.39 is 5.60 Å². The summed E-state index contributed by atoms with van der Waals surface area (Å²) in [5.41, 5.74) is 5.74. The molecule has 7 heteroatoms. The summed E-state index contributed by atoms with van der Waals surface area (Å²) in [6, 6.07) is 8.74. The Hall–Kier alpha value is -2.90. The van der Waals surface area contributed by atoms with E-state index in [1.807, 2.05) is 19.2 Å². The number of nitrogens with zero attached hydrogens (tertiary/aromatic N) is 2. The van der Waals surface area contributed by atoms with Gasteiger partial charge in [0.2, 0.25) is 5.91 Å². The van der Waals surface area contributed by atoms with Crippen LogP contribution in [0, 0.1) is 6.92 Å².